The molecule has 160 valence electrons. The third-order valence-corrected chi connectivity index (χ3v) is 6.07. The Hall–Kier alpha value is -2.76. The molecule has 1 unspecified atom stereocenters. The molecule has 2 N–H and O–H groups in total. The predicted molar refractivity (Wildman–Crippen MR) is 130 cm³/mol. The first-order valence-electron chi connectivity index (χ1n) is 9.99. The fourth-order valence-corrected chi connectivity index (χ4v) is 4.05. The van der Waals surface area contributed by atoms with E-state index in [9.17, 15) is 9.59 Å². The minimum absolute atomic E-state index is 0.0594. The van der Waals surface area contributed by atoms with Gasteiger partial charge in [-0.15, -0.1) is 11.8 Å². The van der Waals surface area contributed by atoms with Gasteiger partial charge in [0.2, 0.25) is 11.8 Å². The SMILES string of the molecule is Cc1ccc(C)c(NC(=O)C(C)Sc2cccc(NC(=O)Cc3ccc(Cl)cc3)c2)c1. The van der Waals surface area contributed by atoms with E-state index in [2.05, 4.69) is 10.6 Å². The van der Waals surface area contributed by atoms with E-state index in [1.165, 1.54) is 11.8 Å². The summed E-state index contributed by atoms with van der Waals surface area (Å²) in [4.78, 5) is 25.9. The van der Waals surface area contributed by atoms with E-state index in [0.717, 1.165) is 27.3 Å². The van der Waals surface area contributed by atoms with Crippen LogP contribution in [0.15, 0.2) is 71.6 Å². The van der Waals surface area contributed by atoms with Gasteiger partial charge in [-0.1, -0.05) is 41.9 Å². The van der Waals surface area contributed by atoms with Gasteiger partial charge in [0.05, 0.1) is 11.7 Å². The van der Waals surface area contributed by atoms with Crippen LogP contribution in [0.4, 0.5) is 11.4 Å². The molecule has 0 bridgehead atoms. The summed E-state index contributed by atoms with van der Waals surface area (Å²) < 4.78 is 0. The number of anilines is 2. The lowest BCUT2D eigenvalue weighted by molar-refractivity contribution is -0.116. The summed E-state index contributed by atoms with van der Waals surface area (Å²) in [7, 11) is 0. The molecule has 3 rings (SSSR count). The first-order valence-corrected chi connectivity index (χ1v) is 11.2. The number of amides is 2. The minimum Gasteiger partial charge on any atom is -0.326 e. The standard InChI is InChI=1S/C25H25ClN2O2S/c1-16-7-8-17(2)23(13-16)28-25(30)18(3)31-22-6-4-5-21(15-22)27-24(29)14-19-9-11-20(26)12-10-19/h4-13,15,18H,14H2,1-3H3,(H,27,29)(H,28,30). The van der Waals surface area contributed by atoms with E-state index < -0.39 is 0 Å². The van der Waals surface area contributed by atoms with Crippen LogP contribution in [0.1, 0.15) is 23.6 Å². The lowest BCUT2D eigenvalue weighted by Gasteiger charge is -2.15. The van der Waals surface area contributed by atoms with E-state index in [-0.39, 0.29) is 23.5 Å². The highest BCUT2D eigenvalue weighted by molar-refractivity contribution is 8.00. The summed E-state index contributed by atoms with van der Waals surface area (Å²) in [5, 5.41) is 6.28. The molecule has 2 amide bonds. The Morgan fingerprint density at radius 1 is 0.968 bits per heavy atom. The quantitative estimate of drug-likeness (QED) is 0.416. The third-order valence-electron chi connectivity index (χ3n) is 4.73. The smallest absolute Gasteiger partial charge is 0.237 e. The number of aryl methyl sites for hydroxylation is 2. The summed E-state index contributed by atoms with van der Waals surface area (Å²) >= 11 is 7.34. The zero-order valence-electron chi connectivity index (χ0n) is 17.7. The zero-order chi connectivity index (χ0) is 22.4. The molecule has 0 heterocycles. The molecule has 0 aliphatic rings. The molecule has 0 aliphatic carbocycles. The summed E-state index contributed by atoms with van der Waals surface area (Å²) in [5.41, 5.74) is 4.56. The van der Waals surface area contributed by atoms with Crippen LogP contribution in [-0.2, 0) is 16.0 Å². The first kappa shape index (κ1) is 22.9. The van der Waals surface area contributed by atoms with Crippen molar-refractivity contribution in [2.75, 3.05) is 10.6 Å². The Labute approximate surface area is 192 Å². The van der Waals surface area contributed by atoms with Gasteiger partial charge >= 0.3 is 0 Å². The maximum atomic E-state index is 12.7. The lowest BCUT2D eigenvalue weighted by atomic mass is 10.1. The molecular formula is C25H25ClN2O2S. The van der Waals surface area contributed by atoms with Crippen LogP contribution in [0.2, 0.25) is 5.02 Å². The Bertz CT molecular complexity index is 1080. The average molecular weight is 453 g/mol. The molecule has 0 aromatic heterocycles. The van der Waals surface area contributed by atoms with Crippen molar-refractivity contribution < 1.29 is 9.59 Å². The lowest BCUT2D eigenvalue weighted by Crippen LogP contribution is -2.22. The van der Waals surface area contributed by atoms with E-state index in [1.54, 1.807) is 12.1 Å². The highest BCUT2D eigenvalue weighted by Crippen LogP contribution is 2.27. The van der Waals surface area contributed by atoms with Crippen LogP contribution < -0.4 is 10.6 Å². The molecule has 0 radical (unpaired) electrons. The highest BCUT2D eigenvalue weighted by atomic mass is 35.5. The van der Waals surface area contributed by atoms with Crippen molar-refractivity contribution in [3.63, 3.8) is 0 Å². The van der Waals surface area contributed by atoms with E-state index in [4.69, 9.17) is 11.6 Å². The maximum absolute atomic E-state index is 12.7. The second kappa shape index (κ2) is 10.5. The molecule has 31 heavy (non-hydrogen) atoms. The Kier molecular flexibility index (Phi) is 7.77. The van der Waals surface area contributed by atoms with Gasteiger partial charge in [0, 0.05) is 21.3 Å². The van der Waals surface area contributed by atoms with Gasteiger partial charge in [-0.3, -0.25) is 9.59 Å². The number of hydrogen-bond donors (Lipinski definition) is 2. The number of benzene rings is 3. The molecule has 0 saturated carbocycles. The summed E-state index contributed by atoms with van der Waals surface area (Å²) in [5.74, 6) is -0.166. The number of halogens is 1. The Balaban J connectivity index is 1.59. The van der Waals surface area contributed by atoms with E-state index in [0.29, 0.717) is 10.7 Å². The molecule has 4 nitrogen and oxygen atoms in total. The van der Waals surface area contributed by atoms with Gasteiger partial charge in [-0.25, -0.2) is 0 Å². The normalized spacial score (nSPS) is 11.6. The first-order chi connectivity index (χ1) is 14.8. The van der Waals surface area contributed by atoms with Crippen molar-refractivity contribution in [3.8, 4) is 0 Å². The topological polar surface area (TPSA) is 58.2 Å². The number of thioether (sulfide) groups is 1. The van der Waals surface area contributed by atoms with Crippen molar-refractivity contribution in [1.29, 1.82) is 0 Å². The molecule has 3 aromatic carbocycles. The molecule has 3 aromatic rings. The van der Waals surface area contributed by atoms with Crippen LogP contribution in [0, 0.1) is 13.8 Å². The Morgan fingerprint density at radius 2 is 1.71 bits per heavy atom. The molecular weight excluding hydrogens is 428 g/mol. The molecule has 0 spiro atoms. The van der Waals surface area contributed by atoms with Crippen LogP contribution in [0.25, 0.3) is 0 Å². The average Bonchev–Trinajstić information content (AvgIpc) is 2.72. The predicted octanol–water partition coefficient (Wildman–Crippen LogP) is 6.26. The fourth-order valence-electron chi connectivity index (χ4n) is 3.00. The van der Waals surface area contributed by atoms with Gasteiger partial charge < -0.3 is 10.6 Å². The molecule has 0 aliphatic heterocycles. The van der Waals surface area contributed by atoms with E-state index in [1.807, 2.05) is 75.4 Å². The number of hydrogen-bond acceptors (Lipinski definition) is 3. The molecule has 0 saturated heterocycles. The highest BCUT2D eigenvalue weighted by Gasteiger charge is 2.16. The summed E-state index contributed by atoms with van der Waals surface area (Å²) in [6.45, 7) is 5.85. The van der Waals surface area contributed by atoms with E-state index >= 15 is 0 Å². The number of nitrogens with one attached hydrogen (secondary N) is 2. The van der Waals surface area contributed by atoms with Crippen molar-refractivity contribution in [3.05, 3.63) is 88.4 Å². The largest absolute Gasteiger partial charge is 0.326 e. The second-order valence-corrected chi connectivity index (χ2v) is 9.30. The van der Waals surface area contributed by atoms with Crippen LogP contribution >= 0.6 is 23.4 Å². The van der Waals surface area contributed by atoms with Gasteiger partial charge in [0.1, 0.15) is 0 Å². The van der Waals surface area contributed by atoms with Gasteiger partial charge in [-0.2, -0.15) is 0 Å². The minimum atomic E-state index is -0.292. The van der Waals surface area contributed by atoms with Crippen molar-refractivity contribution in [2.45, 2.75) is 37.3 Å². The molecule has 1 atom stereocenters. The van der Waals surface area contributed by atoms with Crippen LogP contribution in [-0.4, -0.2) is 17.1 Å². The van der Waals surface area contributed by atoms with Crippen molar-refractivity contribution in [2.24, 2.45) is 0 Å². The molecule has 0 fully saturated rings. The number of carbonyl (C=O) groups excluding carboxylic acids is 2. The van der Waals surface area contributed by atoms with Crippen LogP contribution in [0.3, 0.4) is 0 Å². The van der Waals surface area contributed by atoms with Gasteiger partial charge in [-0.05, 0) is 73.9 Å². The summed E-state index contributed by atoms with van der Waals surface area (Å²) in [6, 6.07) is 20.7. The maximum Gasteiger partial charge on any atom is 0.237 e. The van der Waals surface area contributed by atoms with Gasteiger partial charge in [0.15, 0.2) is 0 Å². The van der Waals surface area contributed by atoms with Gasteiger partial charge in [0.25, 0.3) is 0 Å². The summed E-state index contributed by atoms with van der Waals surface area (Å²) in [6.07, 6.45) is 0.267. The van der Waals surface area contributed by atoms with Crippen molar-refractivity contribution in [1.82, 2.24) is 0 Å². The second-order valence-electron chi connectivity index (χ2n) is 7.45. The third kappa shape index (κ3) is 6.88. The fraction of sp³-hybridized carbons (Fsp3) is 0.200. The van der Waals surface area contributed by atoms with Crippen molar-refractivity contribution >= 4 is 46.6 Å². The number of carbonyl (C=O) groups is 2. The zero-order valence-corrected chi connectivity index (χ0v) is 19.3. The monoisotopic (exact) mass is 452 g/mol. The number of rotatable bonds is 7. The molecule has 6 heteroatoms. The van der Waals surface area contributed by atoms with Crippen LogP contribution in [0.5, 0.6) is 0 Å². The Morgan fingerprint density at radius 3 is 2.45 bits per heavy atom.